The van der Waals surface area contributed by atoms with Gasteiger partial charge in [0.25, 0.3) is 0 Å². The molecule has 2 aromatic rings. The Kier molecular flexibility index (Phi) is 2.50. The van der Waals surface area contributed by atoms with Gasteiger partial charge in [-0.05, 0) is 43.0 Å². The van der Waals surface area contributed by atoms with Crippen LogP contribution in [0.25, 0.3) is 10.9 Å². The molecule has 0 saturated carbocycles. The maximum atomic E-state index is 11.1. The Balaban J connectivity index is 1.90. The van der Waals surface area contributed by atoms with Crippen LogP contribution in [-0.2, 0) is 6.42 Å². The lowest BCUT2D eigenvalue weighted by atomic mass is 9.76. The van der Waals surface area contributed by atoms with E-state index in [1.54, 1.807) is 4.68 Å². The zero-order valence-corrected chi connectivity index (χ0v) is 11.2. The third-order valence-electron chi connectivity index (χ3n) is 4.59. The highest BCUT2D eigenvalue weighted by atomic mass is 16.2. The molecule has 1 aromatic carbocycles. The summed E-state index contributed by atoms with van der Waals surface area (Å²) in [6, 6.07) is 6.32. The average molecular weight is 270 g/mol. The summed E-state index contributed by atoms with van der Waals surface area (Å²) in [6.07, 6.45) is 5.49. The number of primary amides is 1. The fourth-order valence-electron chi connectivity index (χ4n) is 3.85. The van der Waals surface area contributed by atoms with Crippen LogP contribution in [0.15, 0.2) is 24.4 Å². The topological polar surface area (TPSA) is 72.1 Å². The molecular formula is C15H18N4O. The lowest BCUT2D eigenvalue weighted by Gasteiger charge is -2.36. The molecule has 0 bridgehead atoms. The average Bonchev–Trinajstić information content (AvgIpc) is 2.78. The summed E-state index contributed by atoms with van der Waals surface area (Å²) >= 11 is 0. The summed E-state index contributed by atoms with van der Waals surface area (Å²) in [7, 11) is 0. The van der Waals surface area contributed by atoms with Crippen molar-refractivity contribution in [1.29, 1.82) is 0 Å². The van der Waals surface area contributed by atoms with Crippen molar-refractivity contribution in [3.63, 3.8) is 0 Å². The molecule has 104 valence electrons. The first-order chi connectivity index (χ1) is 9.74. The van der Waals surface area contributed by atoms with Gasteiger partial charge in [-0.3, -0.25) is 4.68 Å². The second kappa shape index (κ2) is 4.24. The molecule has 2 unspecified atom stereocenters. The van der Waals surface area contributed by atoms with Crippen LogP contribution in [0.1, 0.15) is 29.9 Å². The van der Waals surface area contributed by atoms with Crippen molar-refractivity contribution in [2.45, 2.75) is 31.2 Å². The molecule has 1 fully saturated rings. The Bertz CT molecular complexity index is 690. The number of aromatic nitrogens is 1. The fraction of sp³-hybridized carbons (Fsp3) is 0.400. The van der Waals surface area contributed by atoms with E-state index >= 15 is 0 Å². The molecule has 1 aromatic heterocycles. The molecule has 20 heavy (non-hydrogen) atoms. The van der Waals surface area contributed by atoms with E-state index in [2.05, 4.69) is 22.9 Å². The van der Waals surface area contributed by atoms with E-state index in [1.807, 2.05) is 12.3 Å². The number of nitrogens with one attached hydrogen (secondary N) is 2. The number of rotatable bonds is 1. The zero-order chi connectivity index (χ0) is 13.7. The number of hydrogen-bond donors (Lipinski definition) is 3. The third-order valence-corrected chi connectivity index (χ3v) is 4.59. The highest BCUT2D eigenvalue weighted by Gasteiger charge is 2.33. The second-order valence-corrected chi connectivity index (χ2v) is 5.76. The van der Waals surface area contributed by atoms with Gasteiger partial charge in [-0.25, -0.2) is 10.2 Å². The molecule has 5 nitrogen and oxygen atoms in total. The number of nitrogens with two attached hydrogens (primary N) is 1. The van der Waals surface area contributed by atoms with Gasteiger partial charge in [0.05, 0.1) is 5.52 Å². The smallest absolute Gasteiger partial charge is 0.331 e. The van der Waals surface area contributed by atoms with Crippen molar-refractivity contribution in [1.82, 2.24) is 9.99 Å². The number of piperidine rings is 1. The summed E-state index contributed by atoms with van der Waals surface area (Å²) in [5.74, 6) is 0.587. The van der Waals surface area contributed by atoms with Crippen LogP contribution in [0, 0.1) is 0 Å². The molecule has 0 spiro atoms. The molecule has 2 atom stereocenters. The second-order valence-electron chi connectivity index (χ2n) is 5.76. The van der Waals surface area contributed by atoms with Gasteiger partial charge in [0.2, 0.25) is 0 Å². The largest absolute Gasteiger partial charge is 0.350 e. The summed E-state index contributed by atoms with van der Waals surface area (Å²) in [6.45, 7) is 1.10. The lowest BCUT2D eigenvalue weighted by molar-refractivity contribution is 0.257. The highest BCUT2D eigenvalue weighted by Crippen LogP contribution is 2.41. The molecule has 4 rings (SSSR count). The molecule has 2 aliphatic rings. The number of amides is 2. The van der Waals surface area contributed by atoms with E-state index in [0.29, 0.717) is 12.0 Å². The molecule has 2 heterocycles. The predicted octanol–water partition coefficient (Wildman–Crippen LogP) is 1.66. The SMILES string of the molecule is NC(=O)Nn1cc2c3c(cccc31)C1CCCNC1C2. The van der Waals surface area contributed by atoms with Crippen molar-refractivity contribution < 1.29 is 4.79 Å². The number of hydrogen-bond acceptors (Lipinski definition) is 2. The van der Waals surface area contributed by atoms with Gasteiger partial charge in [-0.2, -0.15) is 0 Å². The Morgan fingerprint density at radius 3 is 3.20 bits per heavy atom. The number of fused-ring (bicyclic) bond motifs is 2. The number of benzene rings is 1. The number of carbonyl (C=O) groups excluding carboxylic acids is 1. The predicted molar refractivity (Wildman–Crippen MR) is 78.4 cm³/mol. The number of nitrogens with zero attached hydrogens (tertiary/aromatic N) is 1. The Morgan fingerprint density at radius 2 is 2.35 bits per heavy atom. The van der Waals surface area contributed by atoms with E-state index in [4.69, 9.17) is 5.73 Å². The minimum Gasteiger partial charge on any atom is -0.350 e. The minimum atomic E-state index is -0.534. The van der Waals surface area contributed by atoms with Gasteiger partial charge in [0.15, 0.2) is 0 Å². The van der Waals surface area contributed by atoms with Crippen molar-refractivity contribution in [2.75, 3.05) is 12.0 Å². The molecule has 0 radical (unpaired) electrons. The first-order valence-electron chi connectivity index (χ1n) is 7.17. The zero-order valence-electron chi connectivity index (χ0n) is 11.2. The van der Waals surface area contributed by atoms with Crippen LogP contribution >= 0.6 is 0 Å². The van der Waals surface area contributed by atoms with E-state index in [-0.39, 0.29) is 0 Å². The monoisotopic (exact) mass is 270 g/mol. The van der Waals surface area contributed by atoms with Crippen LogP contribution in [-0.4, -0.2) is 23.3 Å². The first-order valence-corrected chi connectivity index (χ1v) is 7.17. The third kappa shape index (κ3) is 1.63. The standard InChI is InChI=1S/C15H18N4O/c16-15(20)18-19-8-9-7-12-10(4-2-6-17-12)11-3-1-5-13(19)14(9)11/h1,3,5,8,10,12,17H,2,4,6-7H2,(H3,16,18,20). The first kappa shape index (κ1) is 11.8. The van der Waals surface area contributed by atoms with Gasteiger partial charge in [0.1, 0.15) is 0 Å². The molecule has 1 aliphatic carbocycles. The van der Waals surface area contributed by atoms with Gasteiger partial charge >= 0.3 is 6.03 Å². The summed E-state index contributed by atoms with van der Waals surface area (Å²) in [4.78, 5) is 11.1. The van der Waals surface area contributed by atoms with E-state index in [0.717, 1.165) is 18.5 Å². The molecule has 1 saturated heterocycles. The maximum Gasteiger partial charge on any atom is 0.331 e. The molecule has 1 aliphatic heterocycles. The van der Waals surface area contributed by atoms with Crippen LogP contribution in [0.5, 0.6) is 0 Å². The van der Waals surface area contributed by atoms with Crippen molar-refractivity contribution in [2.24, 2.45) is 5.73 Å². The lowest BCUT2D eigenvalue weighted by Crippen LogP contribution is -2.43. The normalized spacial score (nSPS) is 24.4. The Hall–Kier alpha value is -2.01. The van der Waals surface area contributed by atoms with Gasteiger partial charge < -0.3 is 11.1 Å². The van der Waals surface area contributed by atoms with E-state index in [9.17, 15) is 4.79 Å². The van der Waals surface area contributed by atoms with Gasteiger partial charge in [0, 0.05) is 23.5 Å². The Morgan fingerprint density at radius 1 is 1.45 bits per heavy atom. The molecule has 5 heteroatoms. The van der Waals surface area contributed by atoms with E-state index < -0.39 is 6.03 Å². The van der Waals surface area contributed by atoms with Crippen LogP contribution in [0.2, 0.25) is 0 Å². The fourth-order valence-corrected chi connectivity index (χ4v) is 3.85. The molecule has 4 N–H and O–H groups in total. The number of urea groups is 1. The molecule has 2 amide bonds. The van der Waals surface area contributed by atoms with E-state index in [1.165, 1.54) is 29.4 Å². The summed E-state index contributed by atoms with van der Waals surface area (Å²) in [5, 5.41) is 4.93. The van der Waals surface area contributed by atoms with Crippen LogP contribution < -0.4 is 16.5 Å². The van der Waals surface area contributed by atoms with Crippen LogP contribution in [0.4, 0.5) is 4.79 Å². The van der Waals surface area contributed by atoms with Gasteiger partial charge in [-0.15, -0.1) is 0 Å². The van der Waals surface area contributed by atoms with Gasteiger partial charge in [-0.1, -0.05) is 12.1 Å². The minimum absolute atomic E-state index is 0.520. The maximum absolute atomic E-state index is 11.1. The van der Waals surface area contributed by atoms with Crippen molar-refractivity contribution in [3.05, 3.63) is 35.5 Å². The highest BCUT2D eigenvalue weighted by molar-refractivity contribution is 5.91. The quantitative estimate of drug-likeness (QED) is 0.737. The van der Waals surface area contributed by atoms with Crippen molar-refractivity contribution in [3.8, 4) is 0 Å². The van der Waals surface area contributed by atoms with Crippen molar-refractivity contribution >= 4 is 16.9 Å². The summed E-state index contributed by atoms with van der Waals surface area (Å²) < 4.78 is 1.76. The Labute approximate surface area is 117 Å². The number of carbonyl (C=O) groups is 1. The van der Waals surface area contributed by atoms with Crippen LogP contribution in [0.3, 0.4) is 0 Å². The summed E-state index contributed by atoms with van der Waals surface area (Å²) in [5.41, 5.74) is 11.7. The molecular weight excluding hydrogens is 252 g/mol.